The van der Waals surface area contributed by atoms with Crippen LogP contribution in [0.15, 0.2) is 4.99 Å². The summed E-state index contributed by atoms with van der Waals surface area (Å²) < 4.78 is 23.3. The van der Waals surface area contributed by atoms with E-state index in [1.165, 1.54) is 0 Å². The van der Waals surface area contributed by atoms with Crippen molar-refractivity contribution in [3.63, 3.8) is 0 Å². The second-order valence-electron chi connectivity index (χ2n) is 6.82. The molecular formula is C15H27FN2O4. The first-order valence-corrected chi connectivity index (χ1v) is 7.24. The van der Waals surface area contributed by atoms with Crippen LogP contribution in [0.3, 0.4) is 0 Å². The van der Waals surface area contributed by atoms with Crippen molar-refractivity contribution in [1.82, 2.24) is 5.32 Å². The van der Waals surface area contributed by atoms with Gasteiger partial charge in [0.15, 0.2) is 0 Å². The summed E-state index contributed by atoms with van der Waals surface area (Å²) in [7, 11) is 0. The summed E-state index contributed by atoms with van der Waals surface area (Å²) in [6.45, 7) is 11.0. The van der Waals surface area contributed by atoms with Gasteiger partial charge in [0.1, 0.15) is 17.9 Å². The van der Waals surface area contributed by atoms with Crippen LogP contribution in [0.2, 0.25) is 0 Å². The maximum Gasteiger partial charge on any atom is 0.434 e. The predicted molar refractivity (Wildman–Crippen MR) is 83.1 cm³/mol. The summed E-state index contributed by atoms with van der Waals surface area (Å²) in [5.41, 5.74) is -1.48. The normalized spacial score (nSPS) is 14.3. The van der Waals surface area contributed by atoms with Gasteiger partial charge in [-0.2, -0.15) is 4.99 Å². The highest BCUT2D eigenvalue weighted by Crippen LogP contribution is 2.10. The number of carbonyl (C=O) groups is 2. The van der Waals surface area contributed by atoms with Gasteiger partial charge >= 0.3 is 12.2 Å². The van der Waals surface area contributed by atoms with Gasteiger partial charge in [0.05, 0.1) is 11.8 Å². The van der Waals surface area contributed by atoms with E-state index in [1.807, 2.05) is 0 Å². The van der Waals surface area contributed by atoms with Crippen LogP contribution in [0.1, 0.15) is 54.9 Å². The molecule has 6 nitrogen and oxygen atoms in total. The Bertz CT molecular complexity index is 422. The van der Waals surface area contributed by atoms with E-state index >= 15 is 0 Å². The zero-order valence-corrected chi connectivity index (χ0v) is 14.4. The van der Waals surface area contributed by atoms with Gasteiger partial charge in [-0.1, -0.05) is 6.92 Å². The number of hydrogen-bond donors (Lipinski definition) is 1. The van der Waals surface area contributed by atoms with Gasteiger partial charge in [0, 0.05) is 0 Å². The number of alkyl halides is 1. The number of carbonyl (C=O) groups excluding carboxylic acids is 2. The maximum atomic E-state index is 13.1. The van der Waals surface area contributed by atoms with Crippen LogP contribution in [0.25, 0.3) is 0 Å². The molecule has 7 heteroatoms. The first-order valence-electron chi connectivity index (χ1n) is 7.24. The molecule has 0 spiro atoms. The summed E-state index contributed by atoms with van der Waals surface area (Å²) in [5.74, 6) is 0. The Kier molecular flexibility index (Phi) is 7.49. The molecule has 0 aliphatic carbocycles. The standard InChI is InChI=1S/C15H27FN2O4/c1-8-10(17-12(19)21-14(2,3)4)11(9-16)18-13(20)22-15(5,6)7/h10H,8-9H2,1-7H3,(H,17,19). The van der Waals surface area contributed by atoms with E-state index in [9.17, 15) is 14.0 Å². The van der Waals surface area contributed by atoms with Gasteiger partial charge in [-0.25, -0.2) is 14.0 Å². The number of alkyl carbamates (subject to hydrolysis) is 1. The number of nitrogens with one attached hydrogen (secondary N) is 1. The molecule has 0 aromatic carbocycles. The fourth-order valence-electron chi connectivity index (χ4n) is 1.47. The van der Waals surface area contributed by atoms with E-state index in [4.69, 9.17) is 9.47 Å². The second-order valence-corrected chi connectivity index (χ2v) is 6.82. The minimum absolute atomic E-state index is 0.0948. The first kappa shape index (κ1) is 20.3. The Morgan fingerprint density at radius 2 is 1.59 bits per heavy atom. The third kappa shape index (κ3) is 9.31. The summed E-state index contributed by atoms with van der Waals surface area (Å²) in [4.78, 5) is 27.0. The molecule has 0 rings (SSSR count). The molecule has 0 aromatic rings. The van der Waals surface area contributed by atoms with Crippen molar-refractivity contribution < 1.29 is 23.5 Å². The third-order valence-corrected chi connectivity index (χ3v) is 2.27. The molecule has 0 aromatic heterocycles. The quantitative estimate of drug-likeness (QED) is 0.803. The van der Waals surface area contributed by atoms with Crippen molar-refractivity contribution in [3.8, 4) is 0 Å². The lowest BCUT2D eigenvalue weighted by molar-refractivity contribution is 0.0511. The van der Waals surface area contributed by atoms with Crippen LogP contribution >= 0.6 is 0 Å². The summed E-state index contributed by atoms with van der Waals surface area (Å²) >= 11 is 0. The van der Waals surface area contributed by atoms with Gasteiger partial charge in [-0.15, -0.1) is 0 Å². The number of rotatable bonds is 4. The molecule has 22 heavy (non-hydrogen) atoms. The Balaban J connectivity index is 4.93. The molecule has 0 fully saturated rings. The number of hydrogen-bond acceptors (Lipinski definition) is 4. The topological polar surface area (TPSA) is 77.0 Å². The number of aliphatic imine (C=N–C) groups is 1. The van der Waals surface area contributed by atoms with Gasteiger partial charge in [0.2, 0.25) is 0 Å². The molecule has 1 atom stereocenters. The van der Waals surface area contributed by atoms with E-state index in [0.29, 0.717) is 6.42 Å². The van der Waals surface area contributed by atoms with Crippen LogP contribution in [0.5, 0.6) is 0 Å². The number of halogens is 1. The highest BCUT2D eigenvalue weighted by atomic mass is 19.1. The first-order chi connectivity index (χ1) is 9.88. The molecule has 128 valence electrons. The smallest absolute Gasteiger partial charge is 0.434 e. The van der Waals surface area contributed by atoms with Crippen molar-refractivity contribution in [2.45, 2.75) is 72.1 Å². The summed E-state index contributed by atoms with van der Waals surface area (Å²) in [5, 5.41) is 2.50. The van der Waals surface area contributed by atoms with E-state index in [2.05, 4.69) is 10.3 Å². The molecule has 0 heterocycles. The highest BCUT2D eigenvalue weighted by Gasteiger charge is 2.23. The summed E-state index contributed by atoms with van der Waals surface area (Å²) in [6.07, 6.45) is -1.21. The molecule has 0 saturated carbocycles. The average molecular weight is 318 g/mol. The molecule has 0 radical (unpaired) electrons. The van der Waals surface area contributed by atoms with Crippen LogP contribution in [-0.4, -0.2) is 41.8 Å². The van der Waals surface area contributed by atoms with E-state index in [0.717, 1.165) is 0 Å². The lowest BCUT2D eigenvalue weighted by Crippen LogP contribution is -2.44. The van der Waals surface area contributed by atoms with E-state index in [1.54, 1.807) is 48.5 Å². The van der Waals surface area contributed by atoms with Crippen LogP contribution < -0.4 is 5.32 Å². The Morgan fingerprint density at radius 1 is 1.09 bits per heavy atom. The van der Waals surface area contributed by atoms with E-state index in [-0.39, 0.29) is 5.71 Å². The largest absolute Gasteiger partial charge is 0.444 e. The molecule has 0 bridgehead atoms. The van der Waals surface area contributed by atoms with Crippen molar-refractivity contribution in [1.29, 1.82) is 0 Å². The zero-order chi connectivity index (χ0) is 17.6. The van der Waals surface area contributed by atoms with Gasteiger partial charge in [0.25, 0.3) is 0 Å². The molecular weight excluding hydrogens is 291 g/mol. The molecule has 1 N–H and O–H groups in total. The van der Waals surface area contributed by atoms with E-state index < -0.39 is 36.1 Å². The van der Waals surface area contributed by atoms with Crippen molar-refractivity contribution in [2.24, 2.45) is 4.99 Å². The molecule has 0 aliphatic heterocycles. The van der Waals surface area contributed by atoms with Gasteiger partial charge in [-0.3, -0.25) is 0 Å². The number of amides is 2. The van der Waals surface area contributed by atoms with Crippen molar-refractivity contribution in [3.05, 3.63) is 0 Å². The Morgan fingerprint density at radius 3 is 1.95 bits per heavy atom. The maximum absolute atomic E-state index is 13.1. The zero-order valence-electron chi connectivity index (χ0n) is 14.4. The number of ether oxygens (including phenoxy) is 2. The number of nitrogens with zero attached hydrogens (tertiary/aromatic N) is 1. The Labute approximate surface area is 131 Å². The van der Waals surface area contributed by atoms with Crippen LogP contribution in [0.4, 0.5) is 14.0 Å². The minimum Gasteiger partial charge on any atom is -0.444 e. The SMILES string of the molecule is CCC(NC(=O)OC(C)(C)C)C(CF)=NC(=O)OC(C)(C)C. The summed E-state index contributed by atoms with van der Waals surface area (Å²) in [6, 6.07) is -0.729. The molecule has 0 saturated heterocycles. The lowest BCUT2D eigenvalue weighted by atomic mass is 10.1. The monoisotopic (exact) mass is 318 g/mol. The molecule has 2 amide bonds. The molecule has 0 aliphatic rings. The van der Waals surface area contributed by atoms with Crippen molar-refractivity contribution >= 4 is 17.9 Å². The second kappa shape index (κ2) is 8.10. The average Bonchev–Trinajstić information content (AvgIpc) is 2.28. The van der Waals surface area contributed by atoms with Crippen molar-refractivity contribution in [2.75, 3.05) is 6.67 Å². The van der Waals surface area contributed by atoms with Gasteiger partial charge < -0.3 is 14.8 Å². The fraction of sp³-hybridized carbons (Fsp3) is 0.800. The Hall–Kier alpha value is -1.66. The minimum atomic E-state index is -0.965. The third-order valence-electron chi connectivity index (χ3n) is 2.27. The highest BCUT2D eigenvalue weighted by molar-refractivity contribution is 5.99. The van der Waals surface area contributed by atoms with Crippen LogP contribution in [0, 0.1) is 0 Å². The fourth-order valence-corrected chi connectivity index (χ4v) is 1.47. The van der Waals surface area contributed by atoms with Crippen LogP contribution in [-0.2, 0) is 9.47 Å². The van der Waals surface area contributed by atoms with Gasteiger partial charge in [-0.05, 0) is 48.0 Å². The lowest BCUT2D eigenvalue weighted by Gasteiger charge is -2.23. The molecule has 1 unspecified atom stereocenters. The predicted octanol–water partition coefficient (Wildman–Crippen LogP) is 3.64.